The van der Waals surface area contributed by atoms with Gasteiger partial charge in [-0.3, -0.25) is 4.79 Å². The smallest absolute Gasteiger partial charge is 0.314 e. The molecule has 1 heterocycles. The molecule has 4 aromatic rings. The number of methoxy groups -OCH3 is 2. The molecule has 7 nitrogen and oxygen atoms in total. The molecule has 1 aliphatic rings. The number of carbonyl (C=O) groups excluding carboxylic acids is 1. The van der Waals surface area contributed by atoms with Crippen LogP contribution in [0.1, 0.15) is 42.6 Å². The molecule has 8 heteroatoms. The van der Waals surface area contributed by atoms with E-state index in [9.17, 15) is 4.79 Å². The van der Waals surface area contributed by atoms with Gasteiger partial charge in [0.25, 0.3) is 0 Å². The summed E-state index contributed by atoms with van der Waals surface area (Å²) in [5, 5.41) is 0.497. The Morgan fingerprint density at radius 3 is 2.24 bits per heavy atom. The van der Waals surface area contributed by atoms with Gasteiger partial charge in [0.05, 0.1) is 20.1 Å². The highest BCUT2D eigenvalue weighted by atomic mass is 35.5. The van der Waals surface area contributed by atoms with Gasteiger partial charge in [-0.2, -0.15) is 0 Å². The zero-order chi connectivity index (χ0) is 29.6. The first-order chi connectivity index (χ1) is 20.4. The molecular weight excluding hydrogens is 556 g/mol. The Morgan fingerprint density at radius 2 is 1.52 bits per heavy atom. The van der Waals surface area contributed by atoms with E-state index in [2.05, 4.69) is 0 Å². The maximum Gasteiger partial charge on any atom is 0.314 e. The summed E-state index contributed by atoms with van der Waals surface area (Å²) >= 11 is 6.66. The number of carbonyl (C=O) groups is 1. The Hall–Kier alpha value is -4.36. The molecule has 0 radical (unpaired) electrons. The second-order valence-electron chi connectivity index (χ2n) is 10.3. The predicted molar refractivity (Wildman–Crippen MR) is 160 cm³/mol. The molecule has 1 aliphatic heterocycles. The summed E-state index contributed by atoms with van der Waals surface area (Å²) in [4.78, 5) is 14.0. The highest BCUT2D eigenvalue weighted by Crippen LogP contribution is 2.40. The van der Waals surface area contributed by atoms with Gasteiger partial charge >= 0.3 is 5.97 Å². The molecule has 0 spiro atoms. The number of para-hydroxylation sites is 1. The van der Waals surface area contributed by atoms with Crippen molar-refractivity contribution in [1.29, 1.82) is 0 Å². The van der Waals surface area contributed by atoms with Crippen molar-refractivity contribution in [2.24, 2.45) is 5.92 Å². The molecule has 0 amide bonds. The van der Waals surface area contributed by atoms with Crippen molar-refractivity contribution < 1.29 is 33.2 Å². The molecular formula is C34H33ClO7. The van der Waals surface area contributed by atoms with Crippen LogP contribution in [-0.4, -0.2) is 27.0 Å². The van der Waals surface area contributed by atoms with Crippen molar-refractivity contribution in [3.8, 4) is 34.5 Å². The zero-order valence-corrected chi connectivity index (χ0v) is 24.7. The van der Waals surface area contributed by atoms with E-state index in [0.717, 1.165) is 16.7 Å². The standard InChI is InChI=1S/C34H33ClO7/c1-21(2)33(23-13-14-28(37-3)30(16-23)38-4)34(36)42-29(17-24-18-31-32(19-27(24)35)40-20-39-31)22-9-8-12-26(15-22)41-25-10-6-5-7-11-25/h5-16,18-19,21,29,33H,17,20H2,1-4H3. The van der Waals surface area contributed by atoms with Crippen LogP contribution in [0.4, 0.5) is 0 Å². The molecule has 218 valence electrons. The van der Waals surface area contributed by atoms with E-state index in [-0.39, 0.29) is 18.7 Å². The third kappa shape index (κ3) is 6.58. The molecule has 4 aromatic carbocycles. The van der Waals surface area contributed by atoms with Crippen molar-refractivity contribution in [3.05, 3.63) is 107 Å². The monoisotopic (exact) mass is 588 g/mol. The van der Waals surface area contributed by atoms with E-state index >= 15 is 0 Å². The normalized spacial score (nSPS) is 13.4. The lowest BCUT2D eigenvalue weighted by Crippen LogP contribution is -2.24. The molecule has 2 unspecified atom stereocenters. The first-order valence-corrected chi connectivity index (χ1v) is 14.1. The van der Waals surface area contributed by atoms with Crippen molar-refractivity contribution >= 4 is 17.6 Å². The highest BCUT2D eigenvalue weighted by Gasteiger charge is 2.31. The summed E-state index contributed by atoms with van der Waals surface area (Å²) in [5.74, 6) is 2.67. The minimum absolute atomic E-state index is 0.0573. The topological polar surface area (TPSA) is 72.5 Å². The van der Waals surface area contributed by atoms with Crippen molar-refractivity contribution in [3.63, 3.8) is 0 Å². The van der Waals surface area contributed by atoms with Gasteiger partial charge < -0.3 is 28.4 Å². The maximum atomic E-state index is 14.0. The average Bonchev–Trinajstić information content (AvgIpc) is 3.44. The first kappa shape index (κ1) is 29.1. The van der Waals surface area contributed by atoms with Crippen LogP contribution in [0, 0.1) is 5.92 Å². The molecule has 42 heavy (non-hydrogen) atoms. The van der Waals surface area contributed by atoms with Gasteiger partial charge in [-0.25, -0.2) is 0 Å². The van der Waals surface area contributed by atoms with Crippen LogP contribution in [-0.2, 0) is 16.0 Å². The van der Waals surface area contributed by atoms with Gasteiger partial charge in [-0.1, -0.05) is 61.8 Å². The average molecular weight is 589 g/mol. The fourth-order valence-electron chi connectivity index (χ4n) is 5.00. The third-order valence-corrected chi connectivity index (χ3v) is 7.45. The molecule has 2 atom stereocenters. The van der Waals surface area contributed by atoms with E-state index in [1.807, 2.05) is 86.6 Å². The number of hydrogen-bond acceptors (Lipinski definition) is 7. The molecule has 0 aromatic heterocycles. The van der Waals surface area contributed by atoms with Crippen LogP contribution in [0.3, 0.4) is 0 Å². The Balaban J connectivity index is 1.48. The lowest BCUT2D eigenvalue weighted by molar-refractivity contribution is -0.152. The van der Waals surface area contributed by atoms with Gasteiger partial charge in [-0.05, 0) is 65.1 Å². The Morgan fingerprint density at radius 1 is 0.810 bits per heavy atom. The van der Waals surface area contributed by atoms with E-state index in [1.54, 1.807) is 26.4 Å². The Kier molecular flexibility index (Phi) is 9.08. The number of esters is 1. The lowest BCUT2D eigenvalue weighted by atomic mass is 9.88. The molecule has 0 aliphatic carbocycles. The van der Waals surface area contributed by atoms with Gasteiger partial charge in [0.2, 0.25) is 6.79 Å². The molecule has 0 bridgehead atoms. The summed E-state index contributed by atoms with van der Waals surface area (Å²) in [6.07, 6.45) is -0.358. The fraction of sp³-hybridized carbons (Fsp3) is 0.265. The summed E-state index contributed by atoms with van der Waals surface area (Å²) < 4.78 is 34.4. The SMILES string of the molecule is COc1ccc(C(C(=O)OC(Cc2cc3c(cc2Cl)OCO3)c2cccc(Oc3ccccc3)c2)C(C)C)cc1OC. The van der Waals surface area contributed by atoms with E-state index in [0.29, 0.717) is 45.9 Å². The second-order valence-corrected chi connectivity index (χ2v) is 10.7. The second kappa shape index (κ2) is 13.1. The Labute approximate surface area is 250 Å². The zero-order valence-electron chi connectivity index (χ0n) is 24.0. The number of ether oxygens (including phenoxy) is 6. The van der Waals surface area contributed by atoms with Crippen molar-refractivity contribution in [2.75, 3.05) is 21.0 Å². The quantitative estimate of drug-likeness (QED) is 0.164. The van der Waals surface area contributed by atoms with E-state index in [1.165, 1.54) is 0 Å². The van der Waals surface area contributed by atoms with Crippen LogP contribution < -0.4 is 23.7 Å². The number of rotatable bonds is 11. The summed E-state index contributed by atoms with van der Waals surface area (Å²) in [7, 11) is 3.15. The maximum absolute atomic E-state index is 14.0. The molecule has 5 rings (SSSR count). The van der Waals surface area contributed by atoms with E-state index < -0.39 is 12.0 Å². The van der Waals surface area contributed by atoms with E-state index in [4.69, 9.17) is 40.0 Å². The minimum atomic E-state index is -0.670. The van der Waals surface area contributed by atoms with Crippen molar-refractivity contribution in [2.45, 2.75) is 32.3 Å². The van der Waals surface area contributed by atoms with Crippen LogP contribution in [0.15, 0.2) is 84.9 Å². The Bertz CT molecular complexity index is 1540. The molecule has 0 fully saturated rings. The van der Waals surface area contributed by atoms with Gasteiger partial charge in [0.15, 0.2) is 23.0 Å². The van der Waals surface area contributed by atoms with Crippen LogP contribution in [0.5, 0.6) is 34.5 Å². The summed E-state index contributed by atoms with van der Waals surface area (Å²) in [6, 6.07) is 26.1. The number of fused-ring (bicyclic) bond motifs is 1. The number of benzene rings is 4. The van der Waals surface area contributed by atoms with Crippen LogP contribution >= 0.6 is 11.6 Å². The van der Waals surface area contributed by atoms with Gasteiger partial charge in [0, 0.05) is 17.5 Å². The van der Waals surface area contributed by atoms with Gasteiger partial charge in [0.1, 0.15) is 17.6 Å². The fourth-order valence-corrected chi connectivity index (χ4v) is 5.23. The minimum Gasteiger partial charge on any atom is -0.493 e. The van der Waals surface area contributed by atoms with Crippen molar-refractivity contribution in [1.82, 2.24) is 0 Å². The molecule has 0 N–H and O–H groups in total. The summed E-state index contributed by atoms with van der Waals surface area (Å²) in [6.45, 7) is 4.11. The molecule has 0 saturated heterocycles. The predicted octanol–water partition coefficient (Wildman–Crippen LogP) is 8.15. The highest BCUT2D eigenvalue weighted by molar-refractivity contribution is 6.31. The first-order valence-electron chi connectivity index (χ1n) is 13.7. The lowest BCUT2D eigenvalue weighted by Gasteiger charge is -2.26. The van der Waals surface area contributed by atoms with Crippen LogP contribution in [0.2, 0.25) is 5.02 Å². The number of hydrogen-bond donors (Lipinski definition) is 0. The molecule has 0 saturated carbocycles. The van der Waals surface area contributed by atoms with Gasteiger partial charge in [-0.15, -0.1) is 0 Å². The largest absolute Gasteiger partial charge is 0.493 e. The van der Waals surface area contributed by atoms with Crippen LogP contribution in [0.25, 0.3) is 0 Å². The summed E-state index contributed by atoms with van der Waals surface area (Å²) in [5.41, 5.74) is 2.30. The number of halogens is 1. The third-order valence-electron chi connectivity index (χ3n) is 7.10.